The fraction of sp³-hybridized carbons (Fsp3) is 0.200. The summed E-state index contributed by atoms with van der Waals surface area (Å²) in [6.07, 6.45) is 6.36. The zero-order valence-corrected chi connectivity index (χ0v) is 19.4. The molecule has 1 fully saturated rings. The maximum absolute atomic E-state index is 3.26. The topological polar surface area (TPSA) is 27.2 Å². The third-order valence-electron chi connectivity index (χ3n) is 6.93. The van der Waals surface area contributed by atoms with E-state index >= 15 is 0 Å². The molecule has 1 aliphatic heterocycles. The molecule has 1 aliphatic rings. The van der Waals surface area contributed by atoms with E-state index in [-0.39, 0.29) is 0 Å². The van der Waals surface area contributed by atoms with E-state index in [1.54, 1.807) is 0 Å². The fourth-order valence-corrected chi connectivity index (χ4v) is 4.94. The predicted octanol–water partition coefficient (Wildman–Crippen LogP) is 5.94. The minimum Gasteiger partial charge on any atom is -0.361 e. The van der Waals surface area contributed by atoms with E-state index in [1.165, 1.54) is 38.8 Å². The molecule has 0 atom stereocenters. The largest absolute Gasteiger partial charge is 0.361 e. The number of aromatic amines is 1. The van der Waals surface area contributed by atoms with Crippen LogP contribution >= 0.6 is 0 Å². The van der Waals surface area contributed by atoms with Gasteiger partial charge in [0.2, 0.25) is 0 Å². The van der Waals surface area contributed by atoms with Gasteiger partial charge in [-0.05, 0) is 64.0 Å². The number of hydrogen-bond acceptors (Lipinski definition) is 2. The summed E-state index contributed by atoms with van der Waals surface area (Å²) >= 11 is 0. The molecule has 0 saturated carbocycles. The molecule has 1 saturated heterocycles. The van der Waals surface area contributed by atoms with Crippen molar-refractivity contribution in [2.75, 3.05) is 26.2 Å². The quantitative estimate of drug-likeness (QED) is 0.349. The second-order valence-corrected chi connectivity index (χ2v) is 9.29. The van der Waals surface area contributed by atoms with Crippen LogP contribution in [0.15, 0.2) is 104 Å². The lowest BCUT2D eigenvalue weighted by molar-refractivity contribution is 0.122. The lowest BCUT2D eigenvalue weighted by Crippen LogP contribution is -2.45. The predicted molar refractivity (Wildman–Crippen MR) is 140 cm³/mol. The Morgan fingerprint density at radius 3 is 2.09 bits per heavy atom. The Labute approximate surface area is 201 Å². The van der Waals surface area contributed by atoms with Crippen LogP contribution in [0, 0.1) is 0 Å². The molecule has 6 rings (SSSR count). The van der Waals surface area contributed by atoms with Crippen LogP contribution in [0.5, 0.6) is 0 Å². The van der Waals surface area contributed by atoms with Crippen LogP contribution in [0.4, 0.5) is 0 Å². The molecular weight excluding hydrogens is 416 g/mol. The van der Waals surface area contributed by atoms with Gasteiger partial charge in [0, 0.05) is 69.1 Å². The zero-order valence-electron chi connectivity index (χ0n) is 19.4. The van der Waals surface area contributed by atoms with Gasteiger partial charge in [-0.15, -0.1) is 0 Å². The van der Waals surface area contributed by atoms with Crippen LogP contribution in [-0.2, 0) is 13.1 Å². The maximum Gasteiger partial charge on any atom is 0.0454 e. The summed E-state index contributed by atoms with van der Waals surface area (Å²) in [6, 6.07) is 30.7. The lowest BCUT2D eigenvalue weighted by Gasteiger charge is -2.34. The van der Waals surface area contributed by atoms with Crippen LogP contribution in [-0.4, -0.2) is 45.5 Å². The molecule has 1 N–H and O–H groups in total. The first-order chi connectivity index (χ1) is 16.8. The Balaban J connectivity index is 1.06. The van der Waals surface area contributed by atoms with Gasteiger partial charge in [-0.2, -0.15) is 0 Å². The molecule has 170 valence electrons. The summed E-state index contributed by atoms with van der Waals surface area (Å²) in [7, 11) is 0. The molecular formula is C30H30N4. The van der Waals surface area contributed by atoms with Crippen LogP contribution in [0.3, 0.4) is 0 Å². The van der Waals surface area contributed by atoms with E-state index in [2.05, 4.69) is 117 Å². The second-order valence-electron chi connectivity index (χ2n) is 9.29. The Morgan fingerprint density at radius 1 is 0.647 bits per heavy atom. The van der Waals surface area contributed by atoms with Gasteiger partial charge >= 0.3 is 0 Å². The molecule has 5 aromatic rings. The Kier molecular flexibility index (Phi) is 5.76. The molecule has 34 heavy (non-hydrogen) atoms. The van der Waals surface area contributed by atoms with Crippen LogP contribution in [0.1, 0.15) is 11.1 Å². The van der Waals surface area contributed by atoms with Crippen molar-refractivity contribution in [3.63, 3.8) is 0 Å². The number of benzene rings is 3. The third kappa shape index (κ3) is 4.56. The number of H-pyrrole nitrogens is 1. The van der Waals surface area contributed by atoms with Crippen LogP contribution in [0.25, 0.3) is 27.7 Å². The van der Waals surface area contributed by atoms with Crippen molar-refractivity contribution in [3.05, 3.63) is 115 Å². The molecule has 0 unspecified atom stereocenters. The van der Waals surface area contributed by atoms with E-state index in [4.69, 9.17) is 0 Å². The monoisotopic (exact) mass is 446 g/mol. The highest BCUT2D eigenvalue weighted by molar-refractivity contribution is 5.85. The molecule has 3 heterocycles. The molecule has 4 heteroatoms. The molecule has 3 aromatic carbocycles. The second kappa shape index (κ2) is 9.34. The smallest absolute Gasteiger partial charge is 0.0454 e. The molecule has 0 spiro atoms. The van der Waals surface area contributed by atoms with Crippen LogP contribution in [0.2, 0.25) is 0 Å². The number of rotatable bonds is 6. The van der Waals surface area contributed by atoms with Crippen molar-refractivity contribution in [1.29, 1.82) is 0 Å². The number of fused-ring (bicyclic) bond motifs is 1. The van der Waals surface area contributed by atoms with E-state index in [0.717, 1.165) is 39.3 Å². The summed E-state index contributed by atoms with van der Waals surface area (Å²) in [4.78, 5) is 8.40. The van der Waals surface area contributed by atoms with Gasteiger partial charge in [-0.3, -0.25) is 9.80 Å². The van der Waals surface area contributed by atoms with Gasteiger partial charge in [-0.25, -0.2) is 0 Å². The van der Waals surface area contributed by atoms with Crippen LogP contribution < -0.4 is 0 Å². The maximum atomic E-state index is 3.26. The Bertz CT molecular complexity index is 1360. The molecule has 4 nitrogen and oxygen atoms in total. The molecule has 0 aliphatic carbocycles. The summed E-state index contributed by atoms with van der Waals surface area (Å²) in [6.45, 7) is 6.59. The van der Waals surface area contributed by atoms with Gasteiger partial charge in [0.05, 0.1) is 0 Å². The number of aromatic nitrogens is 2. The van der Waals surface area contributed by atoms with Gasteiger partial charge in [-0.1, -0.05) is 48.5 Å². The number of nitrogens with zero attached hydrogens (tertiary/aromatic N) is 3. The highest BCUT2D eigenvalue weighted by Gasteiger charge is 2.17. The third-order valence-corrected chi connectivity index (χ3v) is 6.93. The Morgan fingerprint density at radius 2 is 1.35 bits per heavy atom. The van der Waals surface area contributed by atoms with Crippen molar-refractivity contribution in [2.45, 2.75) is 13.1 Å². The molecule has 0 radical (unpaired) electrons. The van der Waals surface area contributed by atoms with Crippen molar-refractivity contribution < 1.29 is 0 Å². The summed E-state index contributed by atoms with van der Waals surface area (Å²) in [5.74, 6) is 0. The number of hydrogen-bond donors (Lipinski definition) is 1. The van der Waals surface area contributed by atoms with Gasteiger partial charge in [0.15, 0.2) is 0 Å². The molecule has 0 amide bonds. The van der Waals surface area contributed by atoms with Crippen molar-refractivity contribution in [1.82, 2.24) is 19.4 Å². The summed E-state index contributed by atoms with van der Waals surface area (Å²) in [5.41, 5.74) is 7.64. The van der Waals surface area contributed by atoms with E-state index in [9.17, 15) is 0 Å². The zero-order chi connectivity index (χ0) is 22.7. The van der Waals surface area contributed by atoms with Crippen molar-refractivity contribution >= 4 is 10.9 Å². The Hall–Kier alpha value is -3.60. The van der Waals surface area contributed by atoms with E-state index in [0.29, 0.717) is 0 Å². The summed E-state index contributed by atoms with van der Waals surface area (Å²) in [5, 5.41) is 1.25. The first-order valence-electron chi connectivity index (χ1n) is 12.1. The van der Waals surface area contributed by atoms with Crippen molar-refractivity contribution in [3.8, 4) is 16.8 Å². The first kappa shape index (κ1) is 21.0. The highest BCUT2D eigenvalue weighted by Crippen LogP contribution is 2.25. The average Bonchev–Trinajstić information content (AvgIpc) is 3.56. The SMILES string of the molecule is c1ccc(CN2CCN(Cc3ccc(-n4ccc(-c5ccc6[nH]ccc6c5)c4)cc3)CC2)cc1. The van der Waals surface area contributed by atoms with Crippen molar-refractivity contribution in [2.24, 2.45) is 0 Å². The molecule has 0 bridgehead atoms. The lowest BCUT2D eigenvalue weighted by atomic mass is 10.1. The standard InChI is InChI=1S/C30H30N4/c1-2-4-24(5-3-1)21-32-16-18-33(19-17-32)22-25-6-9-29(10-7-25)34-15-13-28(23-34)26-8-11-30-27(20-26)12-14-31-30/h1-15,20,23,31H,16-19,21-22H2. The average molecular weight is 447 g/mol. The minimum absolute atomic E-state index is 1.02. The van der Waals surface area contributed by atoms with Gasteiger partial charge < -0.3 is 9.55 Å². The highest BCUT2D eigenvalue weighted by atomic mass is 15.3. The van der Waals surface area contributed by atoms with E-state index in [1.807, 2.05) is 6.20 Å². The van der Waals surface area contributed by atoms with Gasteiger partial charge in [0.1, 0.15) is 0 Å². The normalized spacial score (nSPS) is 15.2. The number of piperazine rings is 1. The van der Waals surface area contributed by atoms with Gasteiger partial charge in [0.25, 0.3) is 0 Å². The minimum atomic E-state index is 1.02. The fourth-order valence-electron chi connectivity index (χ4n) is 4.94. The molecule has 2 aromatic heterocycles. The number of nitrogens with one attached hydrogen (secondary N) is 1. The summed E-state index contributed by atoms with van der Waals surface area (Å²) < 4.78 is 2.21. The van der Waals surface area contributed by atoms with E-state index < -0.39 is 0 Å². The first-order valence-corrected chi connectivity index (χ1v) is 12.1.